The van der Waals surface area contributed by atoms with Crippen LogP contribution in [0.5, 0.6) is 0 Å². The Labute approximate surface area is 137 Å². The third-order valence-electron chi connectivity index (χ3n) is 4.14. The van der Waals surface area contributed by atoms with Gasteiger partial charge in [-0.25, -0.2) is 5.43 Å². The molecule has 124 valence electrons. The first-order valence-corrected chi connectivity index (χ1v) is 8.26. The number of benzene rings is 1. The van der Waals surface area contributed by atoms with E-state index in [0.29, 0.717) is 0 Å². The van der Waals surface area contributed by atoms with Gasteiger partial charge in [-0.15, -0.1) is 0 Å². The molecule has 0 aromatic heterocycles. The molecule has 23 heavy (non-hydrogen) atoms. The molecule has 0 unspecified atom stereocenters. The maximum atomic E-state index is 11.9. The molecule has 0 atom stereocenters. The van der Waals surface area contributed by atoms with Crippen molar-refractivity contribution in [3.63, 3.8) is 0 Å². The highest BCUT2D eigenvalue weighted by atomic mass is 16.2. The van der Waals surface area contributed by atoms with Crippen LogP contribution in [0.1, 0.15) is 56.1 Å². The summed E-state index contributed by atoms with van der Waals surface area (Å²) >= 11 is 0. The topological polar surface area (TPSA) is 70.6 Å². The van der Waals surface area contributed by atoms with Crippen LogP contribution in [-0.4, -0.2) is 17.5 Å². The summed E-state index contributed by atoms with van der Waals surface area (Å²) in [5.41, 5.74) is 6.69. The van der Waals surface area contributed by atoms with Gasteiger partial charge in [0.05, 0.1) is 0 Å². The first-order valence-electron chi connectivity index (χ1n) is 8.26. The van der Waals surface area contributed by atoms with Crippen LogP contribution in [-0.2, 0) is 9.59 Å². The van der Waals surface area contributed by atoms with Crippen molar-refractivity contribution in [1.82, 2.24) is 5.43 Å². The molecule has 0 aliphatic heterocycles. The summed E-state index contributed by atoms with van der Waals surface area (Å²) < 4.78 is 0. The molecule has 2 rings (SSSR count). The highest BCUT2D eigenvalue weighted by Gasteiger charge is 2.09. The molecule has 1 aliphatic carbocycles. The molecule has 2 amide bonds. The minimum atomic E-state index is -0.210. The Morgan fingerprint density at radius 3 is 2.39 bits per heavy atom. The van der Waals surface area contributed by atoms with Crippen LogP contribution in [0.15, 0.2) is 23.3 Å². The number of nitrogens with zero attached hydrogens (tertiary/aromatic N) is 1. The Morgan fingerprint density at radius 2 is 1.70 bits per heavy atom. The van der Waals surface area contributed by atoms with E-state index >= 15 is 0 Å². The minimum absolute atomic E-state index is 0.146. The van der Waals surface area contributed by atoms with Gasteiger partial charge in [-0.2, -0.15) is 5.10 Å². The maximum absolute atomic E-state index is 11.9. The Kier molecular flexibility index (Phi) is 6.32. The second kappa shape index (κ2) is 8.46. The molecule has 5 nitrogen and oxygen atoms in total. The Bertz CT molecular complexity index is 600. The minimum Gasteiger partial charge on any atom is -0.326 e. The predicted molar refractivity (Wildman–Crippen MR) is 92.4 cm³/mol. The Balaban J connectivity index is 1.72. The average molecular weight is 315 g/mol. The summed E-state index contributed by atoms with van der Waals surface area (Å²) in [5, 5.41) is 6.97. The van der Waals surface area contributed by atoms with Crippen LogP contribution in [0.25, 0.3) is 0 Å². The molecular weight excluding hydrogens is 290 g/mol. The van der Waals surface area contributed by atoms with Gasteiger partial charge >= 0.3 is 0 Å². The lowest BCUT2D eigenvalue weighted by Crippen LogP contribution is -2.22. The van der Waals surface area contributed by atoms with E-state index in [0.717, 1.165) is 42.6 Å². The third kappa shape index (κ3) is 5.85. The molecule has 1 saturated carbocycles. The molecule has 0 radical (unpaired) electrons. The Hall–Kier alpha value is -2.17. The number of hydrazone groups is 1. The summed E-state index contributed by atoms with van der Waals surface area (Å²) in [6, 6.07) is 5.77. The second-order valence-corrected chi connectivity index (χ2v) is 6.12. The molecule has 5 heteroatoms. The van der Waals surface area contributed by atoms with E-state index in [2.05, 4.69) is 15.8 Å². The molecule has 1 fully saturated rings. The standard InChI is InChI=1S/C18H25N3O2/c1-13-8-9-16(12-14(13)2)19-17(22)10-11-18(23)21-20-15-6-4-3-5-7-15/h8-9,12H,3-7,10-11H2,1-2H3,(H,19,22)(H,21,23). The van der Waals surface area contributed by atoms with Gasteiger partial charge in [0.1, 0.15) is 0 Å². The number of hydrogen-bond donors (Lipinski definition) is 2. The van der Waals surface area contributed by atoms with Crippen molar-refractivity contribution in [2.45, 2.75) is 58.8 Å². The van der Waals surface area contributed by atoms with E-state index in [4.69, 9.17) is 0 Å². The van der Waals surface area contributed by atoms with Crippen LogP contribution in [0.2, 0.25) is 0 Å². The normalized spacial score (nSPS) is 14.3. The van der Waals surface area contributed by atoms with Crippen LogP contribution in [0.4, 0.5) is 5.69 Å². The SMILES string of the molecule is Cc1ccc(NC(=O)CCC(=O)NN=C2CCCCC2)cc1C. The van der Waals surface area contributed by atoms with Crippen molar-refractivity contribution in [3.05, 3.63) is 29.3 Å². The smallest absolute Gasteiger partial charge is 0.240 e. The van der Waals surface area contributed by atoms with E-state index < -0.39 is 0 Å². The van der Waals surface area contributed by atoms with Crippen molar-refractivity contribution in [2.75, 3.05) is 5.32 Å². The third-order valence-corrected chi connectivity index (χ3v) is 4.14. The highest BCUT2D eigenvalue weighted by molar-refractivity contribution is 5.93. The fraction of sp³-hybridized carbons (Fsp3) is 0.500. The Morgan fingerprint density at radius 1 is 1.00 bits per heavy atom. The van der Waals surface area contributed by atoms with Crippen LogP contribution < -0.4 is 10.7 Å². The molecular formula is C18H25N3O2. The predicted octanol–water partition coefficient (Wildman–Crippen LogP) is 3.46. The van der Waals surface area contributed by atoms with Crippen LogP contribution >= 0.6 is 0 Å². The van der Waals surface area contributed by atoms with E-state index in [1.807, 2.05) is 32.0 Å². The highest BCUT2D eigenvalue weighted by Crippen LogP contribution is 2.15. The molecule has 0 bridgehead atoms. The number of hydrogen-bond acceptors (Lipinski definition) is 3. The van der Waals surface area contributed by atoms with E-state index in [1.54, 1.807) is 0 Å². The largest absolute Gasteiger partial charge is 0.326 e. The van der Waals surface area contributed by atoms with Gasteiger partial charge in [0.25, 0.3) is 0 Å². The van der Waals surface area contributed by atoms with Crippen LogP contribution in [0.3, 0.4) is 0 Å². The molecule has 0 saturated heterocycles. The monoisotopic (exact) mass is 315 g/mol. The molecule has 1 aromatic carbocycles. The zero-order valence-corrected chi connectivity index (χ0v) is 13.9. The first-order chi connectivity index (χ1) is 11.0. The quantitative estimate of drug-likeness (QED) is 0.817. The van der Waals surface area contributed by atoms with Gasteiger partial charge in [-0.05, 0) is 62.8 Å². The van der Waals surface area contributed by atoms with Gasteiger partial charge in [0.2, 0.25) is 11.8 Å². The molecule has 1 aromatic rings. The number of amides is 2. The number of carbonyl (C=O) groups excluding carboxylic acids is 2. The van der Waals surface area contributed by atoms with Gasteiger partial charge in [0, 0.05) is 24.2 Å². The molecule has 0 heterocycles. The second-order valence-electron chi connectivity index (χ2n) is 6.12. The van der Waals surface area contributed by atoms with Gasteiger partial charge in [-0.3, -0.25) is 9.59 Å². The lowest BCUT2D eigenvalue weighted by atomic mass is 9.99. The molecule has 0 spiro atoms. The number of nitrogens with one attached hydrogen (secondary N) is 2. The zero-order chi connectivity index (χ0) is 16.7. The maximum Gasteiger partial charge on any atom is 0.240 e. The summed E-state index contributed by atoms with van der Waals surface area (Å²) in [6.45, 7) is 4.03. The lowest BCUT2D eigenvalue weighted by molar-refractivity contribution is -0.124. The fourth-order valence-electron chi connectivity index (χ4n) is 2.54. The molecule has 1 aliphatic rings. The number of anilines is 1. The van der Waals surface area contributed by atoms with Crippen molar-refractivity contribution < 1.29 is 9.59 Å². The van der Waals surface area contributed by atoms with E-state index in [9.17, 15) is 9.59 Å². The number of carbonyl (C=O) groups is 2. The summed E-state index contributed by atoms with van der Waals surface area (Å²) in [4.78, 5) is 23.6. The van der Waals surface area contributed by atoms with Crippen molar-refractivity contribution in [3.8, 4) is 0 Å². The summed E-state index contributed by atoms with van der Waals surface area (Å²) in [6.07, 6.45) is 5.77. The first kappa shape index (κ1) is 17.2. The zero-order valence-electron chi connectivity index (χ0n) is 13.9. The average Bonchev–Trinajstić information content (AvgIpc) is 2.55. The lowest BCUT2D eigenvalue weighted by Gasteiger charge is -2.12. The summed E-state index contributed by atoms with van der Waals surface area (Å²) in [7, 11) is 0. The van der Waals surface area contributed by atoms with Gasteiger partial charge in [-0.1, -0.05) is 12.5 Å². The number of rotatable bonds is 5. The van der Waals surface area contributed by atoms with Crippen LogP contribution in [0, 0.1) is 13.8 Å². The van der Waals surface area contributed by atoms with Crippen molar-refractivity contribution in [2.24, 2.45) is 5.10 Å². The van der Waals surface area contributed by atoms with Gasteiger partial charge in [0.15, 0.2) is 0 Å². The van der Waals surface area contributed by atoms with Crippen molar-refractivity contribution >= 4 is 23.2 Å². The van der Waals surface area contributed by atoms with Gasteiger partial charge < -0.3 is 5.32 Å². The van der Waals surface area contributed by atoms with Crippen molar-refractivity contribution in [1.29, 1.82) is 0 Å². The number of aryl methyl sites for hydroxylation is 2. The summed E-state index contributed by atoms with van der Waals surface area (Å²) in [5.74, 6) is -0.368. The fourth-order valence-corrected chi connectivity index (χ4v) is 2.54. The molecule has 2 N–H and O–H groups in total. The van der Waals surface area contributed by atoms with E-state index in [1.165, 1.54) is 12.0 Å². The van der Waals surface area contributed by atoms with E-state index in [-0.39, 0.29) is 24.7 Å².